The first-order valence-electron chi connectivity index (χ1n) is 10.3. The van der Waals surface area contributed by atoms with Crippen LogP contribution in [0.4, 0.5) is 4.79 Å². The van der Waals surface area contributed by atoms with Crippen molar-refractivity contribution in [2.75, 3.05) is 39.4 Å². The molecule has 3 aliphatic heterocycles. The Balaban J connectivity index is 1.31. The lowest BCUT2D eigenvalue weighted by molar-refractivity contribution is 0.0137. The van der Waals surface area contributed by atoms with Crippen molar-refractivity contribution in [3.8, 4) is 11.5 Å². The molecule has 1 saturated heterocycles. The van der Waals surface area contributed by atoms with Gasteiger partial charge in [0.2, 0.25) is 0 Å². The molecule has 0 saturated carbocycles. The first kappa shape index (κ1) is 19.7. The molecule has 0 radical (unpaired) electrons. The summed E-state index contributed by atoms with van der Waals surface area (Å²) in [5.41, 5.74) is 0.642. The van der Waals surface area contributed by atoms with Gasteiger partial charge in [-0.2, -0.15) is 0 Å². The maximum atomic E-state index is 12.3. The second kappa shape index (κ2) is 8.00. The number of hydrogen-bond acceptors (Lipinski definition) is 7. The average Bonchev–Trinajstić information content (AvgIpc) is 2.93. The van der Waals surface area contributed by atoms with Gasteiger partial charge in [-0.3, -0.25) is 4.99 Å². The van der Waals surface area contributed by atoms with Crippen molar-refractivity contribution in [3.05, 3.63) is 23.8 Å². The molecule has 1 aromatic rings. The Hall–Kier alpha value is -2.64. The van der Waals surface area contributed by atoms with Gasteiger partial charge in [0.25, 0.3) is 0 Å². The number of fused-ring (bicyclic) bond motifs is 2. The van der Waals surface area contributed by atoms with Crippen LogP contribution in [0.2, 0.25) is 0 Å². The molecule has 0 bridgehead atoms. The van der Waals surface area contributed by atoms with Gasteiger partial charge in [0.15, 0.2) is 17.5 Å². The molecule has 0 aliphatic carbocycles. The van der Waals surface area contributed by atoms with E-state index >= 15 is 0 Å². The zero-order chi connectivity index (χ0) is 20.4. The van der Waals surface area contributed by atoms with Crippen molar-refractivity contribution < 1.29 is 19.0 Å². The highest BCUT2D eigenvalue weighted by atomic mass is 16.6. The van der Waals surface area contributed by atoms with Crippen LogP contribution in [-0.4, -0.2) is 72.9 Å². The zero-order valence-electron chi connectivity index (χ0n) is 17.4. The van der Waals surface area contributed by atoms with Crippen LogP contribution in [0, 0.1) is 0 Å². The van der Waals surface area contributed by atoms with Gasteiger partial charge < -0.3 is 29.3 Å². The second-order valence-electron chi connectivity index (χ2n) is 8.62. The van der Waals surface area contributed by atoms with Crippen molar-refractivity contribution in [2.24, 2.45) is 4.99 Å². The highest BCUT2D eigenvalue weighted by molar-refractivity contribution is 5.82. The molecule has 8 heteroatoms. The number of carbonyl (C=O) groups excluding carboxylic acids is 1. The van der Waals surface area contributed by atoms with Crippen LogP contribution in [0.15, 0.2) is 23.2 Å². The van der Waals surface area contributed by atoms with Crippen LogP contribution in [0.1, 0.15) is 32.8 Å². The van der Waals surface area contributed by atoms with Gasteiger partial charge in [-0.25, -0.2) is 4.79 Å². The Kier molecular flexibility index (Phi) is 5.43. The summed E-state index contributed by atoms with van der Waals surface area (Å²) in [6, 6.07) is 6.24. The summed E-state index contributed by atoms with van der Waals surface area (Å²) in [5.74, 6) is 2.51. The molecule has 3 aliphatic rings. The molecule has 3 heterocycles. The van der Waals surface area contributed by atoms with Gasteiger partial charge >= 0.3 is 6.09 Å². The first-order chi connectivity index (χ1) is 13.9. The fourth-order valence-electron chi connectivity index (χ4n) is 3.72. The summed E-state index contributed by atoms with van der Waals surface area (Å²) >= 11 is 0. The van der Waals surface area contributed by atoms with E-state index in [2.05, 4.69) is 15.2 Å². The van der Waals surface area contributed by atoms with E-state index in [0.29, 0.717) is 39.4 Å². The Morgan fingerprint density at radius 2 is 2.03 bits per heavy atom. The van der Waals surface area contributed by atoms with E-state index < -0.39 is 5.60 Å². The van der Waals surface area contributed by atoms with E-state index in [1.54, 1.807) is 4.90 Å². The smallest absolute Gasteiger partial charge is 0.410 e. The molecule has 1 unspecified atom stereocenters. The lowest BCUT2D eigenvalue weighted by atomic mass is 10.2. The molecular weight excluding hydrogens is 372 g/mol. The monoisotopic (exact) mass is 402 g/mol. The third-order valence-electron chi connectivity index (χ3n) is 5.12. The zero-order valence-corrected chi connectivity index (χ0v) is 17.4. The van der Waals surface area contributed by atoms with Crippen molar-refractivity contribution in [3.63, 3.8) is 0 Å². The molecule has 1 fully saturated rings. The summed E-state index contributed by atoms with van der Waals surface area (Å²) in [6.07, 6.45) is 0.654. The normalized spacial score (nSPS) is 21.2. The van der Waals surface area contributed by atoms with Gasteiger partial charge in [-0.05, 0) is 38.5 Å². The highest BCUT2D eigenvalue weighted by Gasteiger charge is 2.36. The lowest BCUT2D eigenvalue weighted by Crippen LogP contribution is -2.57. The average molecular weight is 402 g/mol. The maximum Gasteiger partial charge on any atom is 0.410 e. The molecule has 0 aromatic heterocycles. The number of piperazine rings is 1. The number of amides is 1. The standard InChI is InChI=1S/C21H30N4O4/c1-21(2,3)29-20(26)24-7-8-25-16(14-24)13-23-19(25)22-12-15-5-6-17-18(11-15)28-10-4-9-27-17/h5-6,11,16H,4,7-10,12-14H2,1-3H3,(H,22,23). The van der Waals surface area contributed by atoms with E-state index in [-0.39, 0.29) is 12.1 Å². The number of rotatable bonds is 2. The molecule has 8 nitrogen and oxygen atoms in total. The maximum absolute atomic E-state index is 12.3. The molecule has 158 valence electrons. The van der Waals surface area contributed by atoms with Crippen LogP contribution >= 0.6 is 0 Å². The highest BCUT2D eigenvalue weighted by Crippen LogP contribution is 2.30. The van der Waals surface area contributed by atoms with E-state index in [1.165, 1.54) is 0 Å². The number of guanidine groups is 1. The summed E-state index contributed by atoms with van der Waals surface area (Å²) in [4.78, 5) is 21.0. The van der Waals surface area contributed by atoms with E-state index in [0.717, 1.165) is 36.0 Å². The Labute approximate surface area is 171 Å². The minimum Gasteiger partial charge on any atom is -0.490 e. The number of nitrogens with one attached hydrogen (secondary N) is 1. The first-order valence-corrected chi connectivity index (χ1v) is 10.3. The quantitative estimate of drug-likeness (QED) is 0.818. The summed E-state index contributed by atoms with van der Waals surface area (Å²) in [7, 11) is 0. The number of ether oxygens (including phenoxy) is 3. The van der Waals surface area contributed by atoms with Crippen molar-refractivity contribution in [2.45, 2.75) is 45.4 Å². The number of hydrogen-bond donors (Lipinski definition) is 1. The number of nitrogens with zero attached hydrogens (tertiary/aromatic N) is 3. The SMILES string of the molecule is CC(C)(C)OC(=O)N1CCN2C(NCc3ccc4c(c3)OCCCO4)=NCC2C1. The van der Waals surface area contributed by atoms with Gasteiger partial charge in [0.05, 0.1) is 25.8 Å². The third-order valence-corrected chi connectivity index (χ3v) is 5.12. The van der Waals surface area contributed by atoms with Crippen molar-refractivity contribution in [1.29, 1.82) is 0 Å². The Bertz CT molecular complexity index is 789. The van der Waals surface area contributed by atoms with E-state index in [1.807, 2.05) is 39.0 Å². The predicted octanol–water partition coefficient (Wildman–Crippen LogP) is 2.23. The Morgan fingerprint density at radius 3 is 2.83 bits per heavy atom. The predicted molar refractivity (Wildman–Crippen MR) is 109 cm³/mol. The fraction of sp³-hybridized carbons (Fsp3) is 0.619. The molecular formula is C21H30N4O4. The fourth-order valence-corrected chi connectivity index (χ4v) is 3.72. The van der Waals surface area contributed by atoms with Gasteiger partial charge in [0, 0.05) is 32.6 Å². The van der Waals surface area contributed by atoms with Gasteiger partial charge in [-0.1, -0.05) is 6.07 Å². The number of carbonyl (C=O) groups is 1. The van der Waals surface area contributed by atoms with Crippen LogP contribution in [-0.2, 0) is 11.3 Å². The largest absolute Gasteiger partial charge is 0.490 e. The number of aliphatic imine (C=N–C) groups is 1. The topological polar surface area (TPSA) is 75.6 Å². The third kappa shape index (κ3) is 4.68. The van der Waals surface area contributed by atoms with Crippen LogP contribution in [0.3, 0.4) is 0 Å². The molecule has 1 atom stereocenters. The molecule has 29 heavy (non-hydrogen) atoms. The van der Waals surface area contributed by atoms with Crippen LogP contribution in [0.25, 0.3) is 0 Å². The molecule has 1 amide bonds. The molecule has 1 aromatic carbocycles. The van der Waals surface area contributed by atoms with E-state index in [4.69, 9.17) is 14.2 Å². The minimum absolute atomic E-state index is 0.197. The van der Waals surface area contributed by atoms with Crippen LogP contribution in [0.5, 0.6) is 11.5 Å². The lowest BCUT2D eigenvalue weighted by Gasteiger charge is -2.39. The Morgan fingerprint density at radius 1 is 1.24 bits per heavy atom. The van der Waals surface area contributed by atoms with Crippen molar-refractivity contribution >= 4 is 12.1 Å². The summed E-state index contributed by atoms with van der Waals surface area (Å²) in [6.45, 7) is 10.4. The molecule has 4 rings (SSSR count). The molecule has 1 N–H and O–H groups in total. The minimum atomic E-state index is -0.476. The van der Waals surface area contributed by atoms with E-state index in [9.17, 15) is 4.79 Å². The molecule has 0 spiro atoms. The van der Waals surface area contributed by atoms with Gasteiger partial charge in [0.1, 0.15) is 5.60 Å². The summed E-state index contributed by atoms with van der Waals surface area (Å²) in [5, 5.41) is 3.45. The second-order valence-corrected chi connectivity index (χ2v) is 8.62. The summed E-state index contributed by atoms with van der Waals surface area (Å²) < 4.78 is 17.0. The van der Waals surface area contributed by atoms with Crippen molar-refractivity contribution in [1.82, 2.24) is 15.1 Å². The number of benzene rings is 1. The van der Waals surface area contributed by atoms with Gasteiger partial charge in [-0.15, -0.1) is 0 Å². The van der Waals surface area contributed by atoms with Crippen LogP contribution < -0.4 is 14.8 Å².